The Morgan fingerprint density at radius 3 is 2.17 bits per heavy atom. The molecule has 0 fully saturated rings. The third-order valence-corrected chi connectivity index (χ3v) is 4.79. The molecule has 1 heterocycles. The van der Waals surface area contributed by atoms with Gasteiger partial charge >= 0.3 is 6.18 Å². The molecule has 3 aromatic rings. The minimum atomic E-state index is -4.41. The number of halogens is 3. The largest absolute Gasteiger partial charge is 0.416 e. The molecule has 0 spiro atoms. The predicted molar refractivity (Wildman–Crippen MR) is 106 cm³/mol. The number of rotatable bonds is 6. The maximum absolute atomic E-state index is 13.0. The predicted octanol–water partition coefficient (Wildman–Crippen LogP) is 6.22. The molecule has 0 saturated carbocycles. The van der Waals surface area contributed by atoms with Crippen LogP contribution >= 0.6 is 0 Å². The van der Waals surface area contributed by atoms with Crippen molar-refractivity contribution in [2.45, 2.75) is 38.8 Å². The molecular weight excluding hydrogens is 377 g/mol. The molecule has 0 radical (unpaired) electrons. The van der Waals surface area contributed by atoms with E-state index in [1.165, 1.54) is 12.1 Å². The van der Waals surface area contributed by atoms with E-state index >= 15 is 0 Å². The van der Waals surface area contributed by atoms with Crippen LogP contribution in [0.15, 0.2) is 54.6 Å². The summed E-state index contributed by atoms with van der Waals surface area (Å²) in [5.74, 6) is 0.0602. The number of carbonyl (C=O) groups excluding carboxylic acids is 1. The van der Waals surface area contributed by atoms with Gasteiger partial charge in [0.2, 0.25) is 0 Å². The quantitative estimate of drug-likeness (QED) is 0.463. The highest BCUT2D eigenvalue weighted by atomic mass is 19.4. The summed E-state index contributed by atoms with van der Waals surface area (Å²) in [5.41, 5.74) is 2.42. The molecule has 0 saturated heterocycles. The smallest absolute Gasteiger partial charge is 0.303 e. The van der Waals surface area contributed by atoms with Gasteiger partial charge in [0.1, 0.15) is 6.29 Å². The van der Waals surface area contributed by atoms with Crippen molar-refractivity contribution < 1.29 is 18.0 Å². The second kappa shape index (κ2) is 8.55. The van der Waals surface area contributed by atoms with Crippen molar-refractivity contribution in [1.82, 2.24) is 9.97 Å². The lowest BCUT2D eigenvalue weighted by molar-refractivity contribution is -0.137. The summed E-state index contributed by atoms with van der Waals surface area (Å²) in [7, 11) is 0. The number of alkyl halides is 3. The average Bonchev–Trinajstić information content (AvgIpc) is 2.72. The normalized spacial score (nSPS) is 12.6. The number of carbonyl (C=O) groups is 1. The lowest BCUT2D eigenvalue weighted by Gasteiger charge is -2.18. The number of benzene rings is 2. The molecule has 0 aliphatic rings. The highest BCUT2D eigenvalue weighted by molar-refractivity contribution is 5.74. The van der Waals surface area contributed by atoms with Crippen LogP contribution in [0.1, 0.15) is 42.5 Å². The standard InChI is InChI=1S/C23H21F3N2O/c1-3-7-18(14-29)20-15(2)27-22(17-8-5-4-6-9-17)28-21(20)16-10-12-19(13-11-16)23(24,25)26/h4-6,8-14,18H,3,7H2,1-2H3. The molecule has 3 nitrogen and oxygen atoms in total. The Hall–Kier alpha value is -3.02. The van der Waals surface area contributed by atoms with Gasteiger partial charge in [-0.1, -0.05) is 55.8 Å². The van der Waals surface area contributed by atoms with Crippen LogP contribution in [0.25, 0.3) is 22.6 Å². The molecule has 1 unspecified atom stereocenters. The minimum Gasteiger partial charge on any atom is -0.303 e. The topological polar surface area (TPSA) is 42.9 Å². The second-order valence-electron chi connectivity index (χ2n) is 6.87. The first kappa shape index (κ1) is 20.7. The molecule has 3 rings (SSSR count). The van der Waals surface area contributed by atoms with Gasteiger partial charge in [-0.2, -0.15) is 13.2 Å². The molecule has 1 aromatic heterocycles. The Morgan fingerprint density at radius 2 is 1.62 bits per heavy atom. The highest BCUT2D eigenvalue weighted by Gasteiger charge is 2.30. The van der Waals surface area contributed by atoms with Gasteiger partial charge in [-0.25, -0.2) is 9.97 Å². The van der Waals surface area contributed by atoms with E-state index in [1.54, 1.807) is 0 Å². The molecule has 6 heteroatoms. The fourth-order valence-corrected chi connectivity index (χ4v) is 3.37. The molecule has 0 bridgehead atoms. The Labute approximate surface area is 167 Å². The summed E-state index contributed by atoms with van der Waals surface area (Å²) in [6.07, 6.45) is -2.14. The van der Waals surface area contributed by atoms with Crippen molar-refractivity contribution in [3.05, 3.63) is 71.4 Å². The summed E-state index contributed by atoms with van der Waals surface area (Å²) in [6, 6.07) is 14.2. The van der Waals surface area contributed by atoms with E-state index in [0.717, 1.165) is 30.4 Å². The van der Waals surface area contributed by atoms with Crippen molar-refractivity contribution >= 4 is 6.29 Å². The molecule has 0 aliphatic heterocycles. The Bertz CT molecular complexity index is 983. The van der Waals surface area contributed by atoms with Crippen LogP contribution in [-0.2, 0) is 11.0 Å². The number of hydrogen-bond acceptors (Lipinski definition) is 3. The van der Waals surface area contributed by atoms with Gasteiger partial charge in [-0.15, -0.1) is 0 Å². The summed E-state index contributed by atoms with van der Waals surface area (Å²) in [4.78, 5) is 21.0. The molecular formula is C23H21F3N2O. The Balaban J connectivity index is 2.20. The van der Waals surface area contributed by atoms with Gasteiger partial charge < -0.3 is 4.79 Å². The van der Waals surface area contributed by atoms with E-state index in [2.05, 4.69) is 9.97 Å². The number of aryl methyl sites for hydroxylation is 1. The van der Waals surface area contributed by atoms with Crippen LogP contribution in [-0.4, -0.2) is 16.3 Å². The molecule has 0 amide bonds. The third-order valence-electron chi connectivity index (χ3n) is 4.79. The molecule has 1 atom stereocenters. The lowest BCUT2D eigenvalue weighted by Crippen LogP contribution is -2.10. The highest BCUT2D eigenvalue weighted by Crippen LogP contribution is 2.35. The third kappa shape index (κ3) is 4.53. The molecule has 0 N–H and O–H groups in total. The Morgan fingerprint density at radius 1 is 0.966 bits per heavy atom. The van der Waals surface area contributed by atoms with Gasteiger partial charge in [-0.3, -0.25) is 0 Å². The Kier molecular flexibility index (Phi) is 6.11. The van der Waals surface area contributed by atoms with Crippen molar-refractivity contribution in [3.8, 4) is 22.6 Å². The fraction of sp³-hybridized carbons (Fsp3) is 0.261. The SMILES string of the molecule is CCCC(C=O)c1c(C)nc(-c2ccccc2)nc1-c1ccc(C(F)(F)F)cc1. The monoisotopic (exact) mass is 398 g/mol. The van der Waals surface area contributed by atoms with Gasteiger partial charge in [0.15, 0.2) is 5.82 Å². The van der Waals surface area contributed by atoms with Crippen LogP contribution in [0.3, 0.4) is 0 Å². The van der Waals surface area contributed by atoms with E-state index in [4.69, 9.17) is 0 Å². The van der Waals surface area contributed by atoms with Crippen molar-refractivity contribution in [2.75, 3.05) is 0 Å². The molecule has 150 valence electrons. The summed E-state index contributed by atoms with van der Waals surface area (Å²) in [5, 5.41) is 0. The van der Waals surface area contributed by atoms with Gasteiger partial charge in [-0.05, 0) is 25.5 Å². The van der Waals surface area contributed by atoms with Crippen LogP contribution in [0, 0.1) is 6.92 Å². The van der Waals surface area contributed by atoms with Crippen LogP contribution in [0.5, 0.6) is 0 Å². The number of aldehydes is 1. The zero-order chi connectivity index (χ0) is 21.0. The van der Waals surface area contributed by atoms with Gasteiger partial charge in [0.25, 0.3) is 0 Å². The van der Waals surface area contributed by atoms with E-state index in [9.17, 15) is 18.0 Å². The maximum atomic E-state index is 13.0. The van der Waals surface area contributed by atoms with E-state index in [-0.39, 0.29) is 0 Å². The van der Waals surface area contributed by atoms with Crippen LogP contribution in [0.4, 0.5) is 13.2 Å². The van der Waals surface area contributed by atoms with Crippen molar-refractivity contribution in [3.63, 3.8) is 0 Å². The van der Waals surface area contributed by atoms with Crippen LogP contribution < -0.4 is 0 Å². The van der Waals surface area contributed by atoms with E-state index < -0.39 is 17.7 Å². The summed E-state index contributed by atoms with van der Waals surface area (Å²) >= 11 is 0. The van der Waals surface area contributed by atoms with Gasteiger partial charge in [0.05, 0.1) is 11.3 Å². The first-order valence-corrected chi connectivity index (χ1v) is 9.42. The summed E-state index contributed by atoms with van der Waals surface area (Å²) < 4.78 is 38.9. The maximum Gasteiger partial charge on any atom is 0.416 e. The molecule has 2 aromatic carbocycles. The zero-order valence-electron chi connectivity index (χ0n) is 16.2. The minimum absolute atomic E-state index is 0.415. The number of aromatic nitrogens is 2. The average molecular weight is 398 g/mol. The van der Waals surface area contributed by atoms with Crippen molar-refractivity contribution in [1.29, 1.82) is 0 Å². The zero-order valence-corrected chi connectivity index (χ0v) is 16.2. The van der Waals surface area contributed by atoms with Crippen LogP contribution in [0.2, 0.25) is 0 Å². The number of nitrogens with zero attached hydrogens (tertiary/aromatic N) is 2. The van der Waals surface area contributed by atoms with E-state index in [1.807, 2.05) is 44.2 Å². The van der Waals surface area contributed by atoms with Crippen molar-refractivity contribution in [2.24, 2.45) is 0 Å². The lowest BCUT2D eigenvalue weighted by atomic mass is 9.90. The molecule has 0 aliphatic carbocycles. The fourth-order valence-electron chi connectivity index (χ4n) is 3.37. The first-order chi connectivity index (χ1) is 13.8. The van der Waals surface area contributed by atoms with E-state index in [0.29, 0.717) is 34.8 Å². The van der Waals surface area contributed by atoms with Gasteiger partial charge in [0, 0.05) is 28.3 Å². The number of hydrogen-bond donors (Lipinski definition) is 0. The molecule has 29 heavy (non-hydrogen) atoms. The second-order valence-corrected chi connectivity index (χ2v) is 6.87. The summed E-state index contributed by atoms with van der Waals surface area (Å²) in [6.45, 7) is 3.78. The first-order valence-electron chi connectivity index (χ1n) is 9.42.